The number of rotatable bonds is 6. The summed E-state index contributed by atoms with van der Waals surface area (Å²) in [4.78, 5) is 16.4. The fourth-order valence-corrected chi connectivity index (χ4v) is 3.26. The maximum atomic E-state index is 13.4. The lowest BCUT2D eigenvalue weighted by Gasteiger charge is -2.23. The number of carbonyl (C=O) groups is 1. The summed E-state index contributed by atoms with van der Waals surface area (Å²) in [5.74, 6) is -0.885. The van der Waals surface area contributed by atoms with Crippen molar-refractivity contribution < 1.29 is 22.7 Å². The second kappa shape index (κ2) is 8.14. The molecule has 0 aliphatic carbocycles. The number of hydrogen-bond donors (Lipinski definition) is 1. The second-order valence-corrected chi connectivity index (χ2v) is 7.07. The van der Waals surface area contributed by atoms with E-state index in [1.165, 1.54) is 12.1 Å². The van der Waals surface area contributed by atoms with E-state index in [0.29, 0.717) is 5.75 Å². The van der Waals surface area contributed by atoms with Gasteiger partial charge in [-0.25, -0.2) is 4.98 Å². The second-order valence-electron chi connectivity index (χ2n) is 7.07. The van der Waals surface area contributed by atoms with Crippen LogP contribution in [0.2, 0.25) is 0 Å². The predicted octanol–water partition coefficient (Wildman–Crippen LogP) is 4.58. The normalized spacial score (nSPS) is 12.9. The van der Waals surface area contributed by atoms with Crippen molar-refractivity contribution in [2.45, 2.75) is 32.6 Å². The van der Waals surface area contributed by atoms with Crippen molar-refractivity contribution in [2.75, 3.05) is 7.11 Å². The first kappa shape index (κ1) is 20.7. The topological polar surface area (TPSA) is 56.1 Å². The number of nitrogens with zero attached hydrogens (tertiary/aromatic N) is 2. The van der Waals surface area contributed by atoms with Crippen LogP contribution in [0.3, 0.4) is 0 Å². The Morgan fingerprint density at radius 2 is 1.79 bits per heavy atom. The quantitative estimate of drug-likeness (QED) is 0.653. The Bertz CT molecular complexity index is 995. The maximum absolute atomic E-state index is 13.4. The van der Waals surface area contributed by atoms with Gasteiger partial charge in [0.2, 0.25) is 11.7 Å². The zero-order valence-electron chi connectivity index (χ0n) is 16.3. The van der Waals surface area contributed by atoms with Gasteiger partial charge < -0.3 is 14.6 Å². The molecule has 0 aliphatic rings. The molecule has 8 heteroatoms. The van der Waals surface area contributed by atoms with E-state index < -0.39 is 24.5 Å². The number of alkyl halides is 3. The summed E-state index contributed by atoms with van der Waals surface area (Å²) in [5, 5.41) is 2.86. The van der Waals surface area contributed by atoms with Gasteiger partial charge in [0.25, 0.3) is 0 Å². The Morgan fingerprint density at radius 3 is 2.38 bits per heavy atom. The summed E-state index contributed by atoms with van der Waals surface area (Å²) in [7, 11) is 1.56. The third-order valence-electron chi connectivity index (χ3n) is 4.67. The first-order chi connectivity index (χ1) is 13.7. The highest BCUT2D eigenvalue weighted by molar-refractivity contribution is 5.81. The monoisotopic (exact) mass is 405 g/mol. The van der Waals surface area contributed by atoms with E-state index in [-0.39, 0.29) is 23.0 Å². The Balaban J connectivity index is 1.87. The lowest BCUT2D eigenvalue weighted by Crippen LogP contribution is -2.35. The molecule has 1 amide bonds. The number of imidazole rings is 1. The van der Waals surface area contributed by atoms with Crippen LogP contribution in [-0.4, -0.2) is 22.6 Å². The van der Waals surface area contributed by atoms with Crippen molar-refractivity contribution in [1.82, 2.24) is 14.9 Å². The average molecular weight is 405 g/mol. The summed E-state index contributed by atoms with van der Waals surface area (Å²) >= 11 is 0. The number of nitrogens with one attached hydrogen (secondary N) is 1. The van der Waals surface area contributed by atoms with E-state index in [0.717, 1.165) is 10.1 Å². The number of halogens is 3. The molecule has 154 valence electrons. The molecule has 0 radical (unpaired) electrons. The number of methoxy groups -OCH3 is 1. The molecule has 3 aromatic rings. The van der Waals surface area contributed by atoms with Crippen LogP contribution in [0.1, 0.15) is 31.3 Å². The SMILES string of the molecule is COc1ccc(C(NC(=O)Cn2c(C(F)(F)F)nc3ccccc32)C(C)C)cc1. The summed E-state index contributed by atoms with van der Waals surface area (Å²) in [5.41, 5.74) is 1.31. The molecular weight excluding hydrogens is 383 g/mol. The average Bonchev–Trinajstić information content (AvgIpc) is 3.05. The molecule has 0 bridgehead atoms. The van der Waals surface area contributed by atoms with Gasteiger partial charge in [0.15, 0.2) is 0 Å². The van der Waals surface area contributed by atoms with E-state index in [1.54, 1.807) is 31.4 Å². The number of carbonyl (C=O) groups excluding carboxylic acids is 1. The summed E-state index contributed by atoms with van der Waals surface area (Å²) in [6.07, 6.45) is -4.66. The summed E-state index contributed by atoms with van der Waals surface area (Å²) < 4.78 is 46.4. The van der Waals surface area contributed by atoms with E-state index in [9.17, 15) is 18.0 Å². The third-order valence-corrected chi connectivity index (χ3v) is 4.67. The van der Waals surface area contributed by atoms with Gasteiger partial charge >= 0.3 is 6.18 Å². The first-order valence-electron chi connectivity index (χ1n) is 9.16. The fraction of sp³-hybridized carbons (Fsp3) is 0.333. The number of para-hydroxylation sites is 2. The molecular formula is C21H22F3N3O2. The summed E-state index contributed by atoms with van der Waals surface area (Å²) in [6, 6.07) is 13.1. The van der Waals surface area contributed by atoms with Crippen LogP contribution in [0, 0.1) is 5.92 Å². The van der Waals surface area contributed by atoms with Gasteiger partial charge in [-0.2, -0.15) is 13.2 Å². The van der Waals surface area contributed by atoms with Crippen LogP contribution >= 0.6 is 0 Å². The van der Waals surface area contributed by atoms with Gasteiger partial charge in [0.05, 0.1) is 24.2 Å². The van der Waals surface area contributed by atoms with Crippen LogP contribution in [-0.2, 0) is 17.5 Å². The molecule has 1 atom stereocenters. The van der Waals surface area contributed by atoms with E-state index >= 15 is 0 Å². The number of benzene rings is 2. The highest BCUT2D eigenvalue weighted by Crippen LogP contribution is 2.31. The summed E-state index contributed by atoms with van der Waals surface area (Å²) in [6.45, 7) is 3.39. The zero-order valence-corrected chi connectivity index (χ0v) is 16.3. The number of hydrogen-bond acceptors (Lipinski definition) is 3. The van der Waals surface area contributed by atoms with Crippen molar-refractivity contribution >= 4 is 16.9 Å². The molecule has 29 heavy (non-hydrogen) atoms. The third kappa shape index (κ3) is 4.52. The minimum Gasteiger partial charge on any atom is -0.497 e. The van der Waals surface area contributed by atoms with Crippen LogP contribution in [0.15, 0.2) is 48.5 Å². The van der Waals surface area contributed by atoms with Gasteiger partial charge in [0, 0.05) is 0 Å². The molecule has 0 aliphatic heterocycles. The molecule has 3 rings (SSSR count). The molecule has 0 saturated heterocycles. The Hall–Kier alpha value is -3.03. The lowest BCUT2D eigenvalue weighted by atomic mass is 9.96. The van der Waals surface area contributed by atoms with Crippen molar-refractivity contribution in [3.8, 4) is 5.75 Å². The fourth-order valence-electron chi connectivity index (χ4n) is 3.26. The highest BCUT2D eigenvalue weighted by atomic mass is 19.4. The predicted molar refractivity (Wildman–Crippen MR) is 103 cm³/mol. The van der Waals surface area contributed by atoms with Crippen molar-refractivity contribution in [1.29, 1.82) is 0 Å². The molecule has 0 spiro atoms. The van der Waals surface area contributed by atoms with Gasteiger partial charge in [-0.15, -0.1) is 0 Å². The van der Waals surface area contributed by atoms with Crippen molar-refractivity contribution in [3.05, 3.63) is 59.9 Å². The largest absolute Gasteiger partial charge is 0.497 e. The number of fused-ring (bicyclic) bond motifs is 1. The molecule has 0 saturated carbocycles. The van der Waals surface area contributed by atoms with Gasteiger partial charge in [-0.05, 0) is 35.7 Å². The van der Waals surface area contributed by atoms with E-state index in [1.807, 2.05) is 26.0 Å². The molecule has 1 aromatic heterocycles. The Morgan fingerprint density at radius 1 is 1.14 bits per heavy atom. The maximum Gasteiger partial charge on any atom is 0.449 e. The molecule has 2 aromatic carbocycles. The number of aromatic nitrogens is 2. The highest BCUT2D eigenvalue weighted by Gasteiger charge is 2.38. The van der Waals surface area contributed by atoms with E-state index in [4.69, 9.17) is 4.74 Å². The minimum absolute atomic E-state index is 0.0361. The van der Waals surface area contributed by atoms with Gasteiger partial charge in [-0.3, -0.25) is 4.79 Å². The molecule has 1 unspecified atom stereocenters. The molecule has 1 heterocycles. The first-order valence-corrected chi connectivity index (χ1v) is 9.16. The van der Waals surface area contributed by atoms with E-state index in [2.05, 4.69) is 10.3 Å². The minimum atomic E-state index is -4.66. The van der Waals surface area contributed by atoms with Crippen molar-refractivity contribution in [2.24, 2.45) is 5.92 Å². The lowest BCUT2D eigenvalue weighted by molar-refractivity contribution is -0.147. The van der Waals surface area contributed by atoms with Crippen LogP contribution < -0.4 is 10.1 Å². The molecule has 1 N–H and O–H groups in total. The van der Waals surface area contributed by atoms with Gasteiger partial charge in [-0.1, -0.05) is 38.1 Å². The van der Waals surface area contributed by atoms with Crippen LogP contribution in [0.25, 0.3) is 11.0 Å². The Labute approximate surface area is 166 Å². The van der Waals surface area contributed by atoms with Gasteiger partial charge in [0.1, 0.15) is 12.3 Å². The molecule has 5 nitrogen and oxygen atoms in total. The zero-order chi connectivity index (χ0) is 21.2. The van der Waals surface area contributed by atoms with Crippen LogP contribution in [0.5, 0.6) is 5.75 Å². The smallest absolute Gasteiger partial charge is 0.449 e. The van der Waals surface area contributed by atoms with Crippen molar-refractivity contribution in [3.63, 3.8) is 0 Å². The number of amides is 1. The Kier molecular flexibility index (Phi) is 5.81. The number of ether oxygens (including phenoxy) is 1. The van der Waals surface area contributed by atoms with Crippen LogP contribution in [0.4, 0.5) is 13.2 Å². The standard InChI is InChI=1S/C21H22F3N3O2/c1-13(2)19(14-8-10-15(29-3)11-9-14)26-18(28)12-27-17-7-5-4-6-16(17)25-20(27)21(22,23)24/h4-11,13,19H,12H2,1-3H3,(H,26,28). The molecule has 0 fully saturated rings.